The number of rotatable bonds is 6. The van der Waals surface area contributed by atoms with Crippen molar-refractivity contribution < 1.29 is 14.0 Å². The molecule has 1 saturated carbocycles. The minimum atomic E-state index is -1.02. The van der Waals surface area contributed by atoms with E-state index in [-0.39, 0.29) is 24.2 Å². The van der Waals surface area contributed by atoms with Gasteiger partial charge >= 0.3 is 0 Å². The third-order valence-electron chi connectivity index (χ3n) is 4.22. The lowest BCUT2D eigenvalue weighted by atomic mass is 10.0. The van der Waals surface area contributed by atoms with E-state index in [0.717, 1.165) is 5.56 Å². The molecule has 0 aliphatic heterocycles. The normalized spacial score (nSPS) is 14.7. The zero-order chi connectivity index (χ0) is 17.0. The molecule has 2 N–H and O–H groups in total. The van der Waals surface area contributed by atoms with E-state index < -0.39 is 5.41 Å². The van der Waals surface area contributed by atoms with Crippen LogP contribution in [0, 0.1) is 11.2 Å². The maximum absolute atomic E-state index is 13.6. The van der Waals surface area contributed by atoms with Crippen molar-refractivity contribution in [3.63, 3.8) is 0 Å². The molecule has 1 fully saturated rings. The first kappa shape index (κ1) is 16.1. The van der Waals surface area contributed by atoms with Gasteiger partial charge in [0.1, 0.15) is 11.2 Å². The minimum absolute atomic E-state index is 0.0743. The molecular weight excluding hydrogens is 309 g/mol. The Balaban J connectivity index is 1.56. The summed E-state index contributed by atoms with van der Waals surface area (Å²) in [6.07, 6.45) is 4.32. The second-order valence-electron chi connectivity index (χ2n) is 5.89. The molecule has 0 radical (unpaired) electrons. The number of nitrogens with one attached hydrogen (secondary N) is 2. The van der Waals surface area contributed by atoms with Gasteiger partial charge in [0.15, 0.2) is 0 Å². The SMILES string of the molecule is O=C(NCc1ccncc1)C1(C(=O)NCc2ccccc2F)CC1. The van der Waals surface area contributed by atoms with Gasteiger partial charge in [-0.15, -0.1) is 0 Å². The van der Waals surface area contributed by atoms with Gasteiger partial charge in [-0.25, -0.2) is 4.39 Å². The molecule has 2 aromatic rings. The van der Waals surface area contributed by atoms with Crippen LogP contribution in [0.5, 0.6) is 0 Å². The average molecular weight is 327 g/mol. The molecule has 124 valence electrons. The smallest absolute Gasteiger partial charge is 0.235 e. The number of carbonyl (C=O) groups excluding carboxylic acids is 2. The van der Waals surface area contributed by atoms with Crippen LogP contribution >= 0.6 is 0 Å². The van der Waals surface area contributed by atoms with Crippen LogP contribution in [0.4, 0.5) is 4.39 Å². The van der Waals surface area contributed by atoms with Gasteiger partial charge in [0.05, 0.1) is 0 Å². The molecule has 1 aliphatic carbocycles. The van der Waals surface area contributed by atoms with E-state index in [2.05, 4.69) is 15.6 Å². The van der Waals surface area contributed by atoms with Gasteiger partial charge in [0.2, 0.25) is 11.8 Å². The predicted octanol–water partition coefficient (Wildman–Crippen LogP) is 1.93. The maximum atomic E-state index is 13.6. The fraction of sp³-hybridized carbons (Fsp3) is 0.278. The highest BCUT2D eigenvalue weighted by Gasteiger charge is 2.56. The summed E-state index contributed by atoms with van der Waals surface area (Å²) >= 11 is 0. The lowest BCUT2D eigenvalue weighted by Crippen LogP contribution is -2.42. The van der Waals surface area contributed by atoms with Crippen molar-refractivity contribution in [2.24, 2.45) is 5.41 Å². The Hall–Kier alpha value is -2.76. The summed E-state index contributed by atoms with van der Waals surface area (Å²) in [4.78, 5) is 28.6. The van der Waals surface area contributed by atoms with Crippen molar-refractivity contribution in [1.29, 1.82) is 0 Å². The number of aromatic nitrogens is 1. The monoisotopic (exact) mass is 327 g/mol. The third-order valence-corrected chi connectivity index (χ3v) is 4.22. The van der Waals surface area contributed by atoms with Crippen LogP contribution in [0.1, 0.15) is 24.0 Å². The quantitative estimate of drug-likeness (QED) is 0.797. The molecule has 1 aromatic carbocycles. The van der Waals surface area contributed by atoms with Crippen molar-refractivity contribution >= 4 is 11.8 Å². The van der Waals surface area contributed by atoms with Crippen molar-refractivity contribution in [3.8, 4) is 0 Å². The largest absolute Gasteiger partial charge is 0.351 e. The number of halogens is 1. The molecule has 0 unspecified atom stereocenters. The Morgan fingerprint density at radius 2 is 1.62 bits per heavy atom. The average Bonchev–Trinajstić information content (AvgIpc) is 3.41. The number of hydrogen-bond acceptors (Lipinski definition) is 3. The van der Waals surface area contributed by atoms with E-state index >= 15 is 0 Å². The highest BCUT2D eigenvalue weighted by Crippen LogP contribution is 2.46. The third kappa shape index (κ3) is 3.42. The molecule has 2 amide bonds. The zero-order valence-corrected chi connectivity index (χ0v) is 13.1. The summed E-state index contributed by atoms with van der Waals surface area (Å²) in [6.45, 7) is 0.425. The molecule has 0 saturated heterocycles. The number of amides is 2. The topological polar surface area (TPSA) is 71.1 Å². The fourth-order valence-corrected chi connectivity index (χ4v) is 2.52. The lowest BCUT2D eigenvalue weighted by Gasteiger charge is -2.15. The number of benzene rings is 1. The number of carbonyl (C=O) groups is 2. The second-order valence-corrected chi connectivity index (χ2v) is 5.89. The van der Waals surface area contributed by atoms with E-state index in [4.69, 9.17) is 0 Å². The van der Waals surface area contributed by atoms with E-state index in [1.54, 1.807) is 42.7 Å². The highest BCUT2D eigenvalue weighted by atomic mass is 19.1. The molecule has 1 heterocycles. The maximum Gasteiger partial charge on any atom is 0.235 e. The summed E-state index contributed by atoms with van der Waals surface area (Å²) in [7, 11) is 0. The van der Waals surface area contributed by atoms with Gasteiger partial charge in [0, 0.05) is 31.0 Å². The minimum Gasteiger partial charge on any atom is -0.351 e. The van der Waals surface area contributed by atoms with Crippen LogP contribution in [-0.4, -0.2) is 16.8 Å². The molecule has 1 aromatic heterocycles. The molecule has 5 nitrogen and oxygen atoms in total. The first-order chi connectivity index (χ1) is 11.6. The Kier molecular flexibility index (Phi) is 4.55. The van der Waals surface area contributed by atoms with Gasteiger partial charge in [-0.1, -0.05) is 18.2 Å². The van der Waals surface area contributed by atoms with Gasteiger partial charge in [-0.2, -0.15) is 0 Å². The standard InChI is InChI=1S/C18H18FN3O2/c19-15-4-2-1-3-14(15)12-22-17(24)18(7-8-18)16(23)21-11-13-5-9-20-10-6-13/h1-6,9-10H,7-8,11-12H2,(H,21,23)(H,22,24). The first-order valence-electron chi connectivity index (χ1n) is 7.81. The summed E-state index contributed by atoms with van der Waals surface area (Å²) in [5.74, 6) is -1.01. The predicted molar refractivity (Wildman–Crippen MR) is 86.0 cm³/mol. The molecule has 0 bridgehead atoms. The summed E-state index contributed by atoms with van der Waals surface area (Å²) in [5.41, 5.74) is 0.304. The summed E-state index contributed by atoms with van der Waals surface area (Å²) in [6, 6.07) is 9.86. The molecule has 6 heteroatoms. The molecular formula is C18H18FN3O2. The van der Waals surface area contributed by atoms with Gasteiger partial charge in [-0.05, 0) is 36.6 Å². The van der Waals surface area contributed by atoms with Gasteiger partial charge < -0.3 is 10.6 Å². The van der Waals surface area contributed by atoms with Gasteiger partial charge in [0.25, 0.3) is 0 Å². The van der Waals surface area contributed by atoms with Crippen molar-refractivity contribution in [2.45, 2.75) is 25.9 Å². The van der Waals surface area contributed by atoms with Crippen LogP contribution in [-0.2, 0) is 22.7 Å². The van der Waals surface area contributed by atoms with E-state index in [9.17, 15) is 14.0 Å². The fourth-order valence-electron chi connectivity index (χ4n) is 2.52. The number of nitrogens with zero attached hydrogens (tertiary/aromatic N) is 1. The van der Waals surface area contributed by atoms with Crippen LogP contribution < -0.4 is 10.6 Å². The van der Waals surface area contributed by atoms with Crippen LogP contribution in [0.15, 0.2) is 48.8 Å². The summed E-state index contributed by atoms with van der Waals surface area (Å²) in [5, 5.41) is 5.46. The number of pyridine rings is 1. The Bertz CT molecular complexity index is 745. The first-order valence-corrected chi connectivity index (χ1v) is 7.81. The molecule has 1 aliphatic rings. The Morgan fingerprint density at radius 1 is 1.00 bits per heavy atom. The van der Waals surface area contributed by atoms with Crippen LogP contribution in [0.2, 0.25) is 0 Å². The van der Waals surface area contributed by atoms with Crippen LogP contribution in [0.25, 0.3) is 0 Å². The van der Waals surface area contributed by atoms with Crippen molar-refractivity contribution in [2.75, 3.05) is 0 Å². The molecule has 0 atom stereocenters. The lowest BCUT2D eigenvalue weighted by molar-refractivity contribution is -0.137. The highest BCUT2D eigenvalue weighted by molar-refractivity contribution is 6.07. The number of hydrogen-bond donors (Lipinski definition) is 2. The molecule has 3 rings (SSSR count). The summed E-state index contributed by atoms with van der Waals surface area (Å²) < 4.78 is 13.6. The van der Waals surface area contributed by atoms with Crippen molar-refractivity contribution in [1.82, 2.24) is 15.6 Å². The van der Waals surface area contributed by atoms with E-state index in [1.807, 2.05) is 0 Å². The second kappa shape index (κ2) is 6.78. The van der Waals surface area contributed by atoms with Crippen molar-refractivity contribution in [3.05, 3.63) is 65.7 Å². The van der Waals surface area contributed by atoms with E-state index in [1.165, 1.54) is 6.07 Å². The Morgan fingerprint density at radius 3 is 2.25 bits per heavy atom. The molecule has 0 spiro atoms. The van der Waals surface area contributed by atoms with Gasteiger partial charge in [-0.3, -0.25) is 14.6 Å². The van der Waals surface area contributed by atoms with Crippen LogP contribution in [0.3, 0.4) is 0 Å². The molecule has 24 heavy (non-hydrogen) atoms. The zero-order valence-electron chi connectivity index (χ0n) is 13.1. The Labute approximate surface area is 139 Å². The van der Waals surface area contributed by atoms with E-state index in [0.29, 0.717) is 24.9 Å².